The Morgan fingerprint density at radius 2 is 2.14 bits per heavy atom. The van der Waals surface area contributed by atoms with Crippen molar-refractivity contribution < 1.29 is 9.47 Å². The molecule has 0 radical (unpaired) electrons. The zero-order chi connectivity index (χ0) is 9.80. The highest BCUT2D eigenvalue weighted by atomic mass is 16.7. The van der Waals surface area contributed by atoms with Crippen molar-refractivity contribution in [2.75, 3.05) is 6.61 Å². The zero-order valence-electron chi connectivity index (χ0n) is 8.07. The van der Waals surface area contributed by atoms with Gasteiger partial charge in [0.05, 0.1) is 0 Å². The van der Waals surface area contributed by atoms with E-state index >= 15 is 0 Å². The van der Waals surface area contributed by atoms with Gasteiger partial charge in [0.15, 0.2) is 6.10 Å². The third-order valence-electron chi connectivity index (χ3n) is 2.05. The van der Waals surface area contributed by atoms with E-state index in [9.17, 15) is 0 Å². The molecule has 0 saturated carbocycles. The van der Waals surface area contributed by atoms with Crippen molar-refractivity contribution in [2.24, 2.45) is 0 Å². The van der Waals surface area contributed by atoms with Crippen molar-refractivity contribution in [3.05, 3.63) is 53.6 Å². The van der Waals surface area contributed by atoms with Gasteiger partial charge in [-0.2, -0.15) is 0 Å². The molecule has 0 N–H and O–H groups in total. The maximum absolute atomic E-state index is 5.54. The second-order valence-corrected chi connectivity index (χ2v) is 3.05. The molecular formula is C12H12O2. The molecule has 1 aromatic carbocycles. The van der Waals surface area contributed by atoms with Gasteiger partial charge < -0.3 is 9.47 Å². The maximum Gasteiger partial charge on any atom is 0.328 e. The molecule has 14 heavy (non-hydrogen) atoms. The Hall–Kier alpha value is -1.66. The number of allylic oxidation sites excluding steroid dienone is 1. The van der Waals surface area contributed by atoms with Crippen LogP contribution in [0.25, 0.3) is 0 Å². The molecule has 1 unspecified atom stereocenters. The van der Waals surface area contributed by atoms with Gasteiger partial charge in [0, 0.05) is 0 Å². The van der Waals surface area contributed by atoms with Crippen LogP contribution in [0.15, 0.2) is 48.1 Å². The van der Waals surface area contributed by atoms with Gasteiger partial charge in [-0.25, -0.2) is 0 Å². The van der Waals surface area contributed by atoms with Crippen LogP contribution in [0.5, 0.6) is 0 Å². The van der Waals surface area contributed by atoms with E-state index in [1.807, 2.05) is 37.3 Å². The van der Waals surface area contributed by atoms with Gasteiger partial charge >= 0.3 is 5.95 Å². The van der Waals surface area contributed by atoms with E-state index in [1.165, 1.54) is 0 Å². The van der Waals surface area contributed by atoms with Crippen LogP contribution in [-0.2, 0) is 9.47 Å². The molecule has 0 amide bonds. The summed E-state index contributed by atoms with van der Waals surface area (Å²) in [5.41, 5.74) is 4.03. The standard InChI is InChI=1S/C12H12O2/c1-2-6-12-13-9-11(14-12)10-7-4-3-5-8-10/h2-5,7-8,11H,9H2,1H3. The Bertz CT molecular complexity index is 361. The van der Waals surface area contributed by atoms with Crippen LogP contribution in [0.2, 0.25) is 0 Å². The van der Waals surface area contributed by atoms with E-state index in [0.29, 0.717) is 12.6 Å². The number of rotatable bonds is 1. The summed E-state index contributed by atoms with van der Waals surface area (Å²) >= 11 is 0. The minimum Gasteiger partial charge on any atom is -0.455 e. The molecule has 2 nitrogen and oxygen atoms in total. The Kier molecular flexibility index (Phi) is 2.57. The lowest BCUT2D eigenvalue weighted by atomic mass is 10.1. The summed E-state index contributed by atoms with van der Waals surface area (Å²) in [4.78, 5) is 0. The lowest BCUT2D eigenvalue weighted by Crippen LogP contribution is -1.98. The summed E-state index contributed by atoms with van der Waals surface area (Å²) in [5, 5.41) is 0. The minimum absolute atomic E-state index is 0.0126. The lowest BCUT2D eigenvalue weighted by Gasteiger charge is -2.05. The summed E-state index contributed by atoms with van der Waals surface area (Å²) in [5.74, 6) is 0.487. The fourth-order valence-electron chi connectivity index (χ4n) is 1.37. The summed E-state index contributed by atoms with van der Waals surface area (Å²) in [6.07, 6.45) is 1.79. The van der Waals surface area contributed by atoms with Crippen LogP contribution in [0.1, 0.15) is 18.6 Å². The van der Waals surface area contributed by atoms with Gasteiger partial charge in [-0.05, 0) is 24.3 Å². The average molecular weight is 188 g/mol. The van der Waals surface area contributed by atoms with Crippen LogP contribution >= 0.6 is 0 Å². The Morgan fingerprint density at radius 1 is 1.36 bits per heavy atom. The molecular weight excluding hydrogens is 176 g/mol. The molecule has 2 heteroatoms. The predicted molar refractivity (Wildman–Crippen MR) is 53.5 cm³/mol. The molecule has 1 saturated heterocycles. The van der Waals surface area contributed by atoms with Crippen molar-refractivity contribution in [3.63, 3.8) is 0 Å². The van der Waals surface area contributed by atoms with Crippen LogP contribution in [-0.4, -0.2) is 6.61 Å². The number of benzene rings is 1. The van der Waals surface area contributed by atoms with E-state index < -0.39 is 0 Å². The molecule has 0 aliphatic carbocycles. The Balaban J connectivity index is 2.14. The van der Waals surface area contributed by atoms with Gasteiger partial charge in [-0.3, -0.25) is 0 Å². The van der Waals surface area contributed by atoms with Gasteiger partial charge in [0.2, 0.25) is 0 Å². The smallest absolute Gasteiger partial charge is 0.328 e. The van der Waals surface area contributed by atoms with Crippen LogP contribution in [0, 0.1) is 0 Å². The van der Waals surface area contributed by atoms with Gasteiger partial charge in [-0.1, -0.05) is 30.3 Å². The minimum atomic E-state index is 0.0126. The first kappa shape index (κ1) is 8.92. The van der Waals surface area contributed by atoms with E-state index in [1.54, 1.807) is 6.08 Å². The largest absolute Gasteiger partial charge is 0.455 e. The number of hydrogen-bond acceptors (Lipinski definition) is 2. The maximum atomic E-state index is 5.54. The highest BCUT2D eigenvalue weighted by Crippen LogP contribution is 2.27. The topological polar surface area (TPSA) is 18.5 Å². The lowest BCUT2D eigenvalue weighted by molar-refractivity contribution is 0.144. The number of ether oxygens (including phenoxy) is 2. The van der Waals surface area contributed by atoms with Gasteiger partial charge in [0.25, 0.3) is 0 Å². The molecule has 0 spiro atoms. The van der Waals surface area contributed by atoms with Crippen molar-refractivity contribution in [1.82, 2.24) is 0 Å². The summed E-state index contributed by atoms with van der Waals surface area (Å²) in [6.45, 7) is 2.45. The van der Waals surface area contributed by atoms with Crippen molar-refractivity contribution >= 4 is 0 Å². The average Bonchev–Trinajstić information content (AvgIpc) is 2.68. The fourth-order valence-corrected chi connectivity index (χ4v) is 1.37. The third kappa shape index (κ3) is 1.81. The molecule has 0 aromatic heterocycles. The quantitative estimate of drug-likeness (QED) is 0.631. The summed E-state index contributed by atoms with van der Waals surface area (Å²) in [6, 6.07) is 10.0. The van der Waals surface area contributed by atoms with Crippen molar-refractivity contribution in [3.8, 4) is 0 Å². The third-order valence-corrected chi connectivity index (χ3v) is 2.05. The van der Waals surface area contributed by atoms with Gasteiger partial charge in [-0.15, -0.1) is 0 Å². The molecule has 1 atom stereocenters. The second kappa shape index (κ2) is 4.03. The van der Waals surface area contributed by atoms with Crippen LogP contribution < -0.4 is 0 Å². The highest BCUT2D eigenvalue weighted by Gasteiger charge is 2.22. The Morgan fingerprint density at radius 3 is 2.86 bits per heavy atom. The molecule has 1 aliphatic rings. The monoisotopic (exact) mass is 188 g/mol. The predicted octanol–water partition coefficient (Wildman–Crippen LogP) is 2.79. The summed E-state index contributed by atoms with van der Waals surface area (Å²) in [7, 11) is 0. The number of hydrogen-bond donors (Lipinski definition) is 0. The van der Waals surface area contributed by atoms with E-state index in [-0.39, 0.29) is 6.10 Å². The summed E-state index contributed by atoms with van der Waals surface area (Å²) < 4.78 is 10.9. The fraction of sp³-hybridized carbons (Fsp3) is 0.250. The molecule has 0 bridgehead atoms. The normalized spacial score (nSPS) is 19.5. The molecule has 1 heterocycles. The SMILES string of the molecule is CC=C=C1OCC(c2ccccc2)O1. The van der Waals surface area contributed by atoms with E-state index in [2.05, 4.69) is 5.73 Å². The van der Waals surface area contributed by atoms with E-state index in [0.717, 1.165) is 5.56 Å². The highest BCUT2D eigenvalue weighted by molar-refractivity contribution is 5.19. The van der Waals surface area contributed by atoms with E-state index in [4.69, 9.17) is 9.47 Å². The van der Waals surface area contributed by atoms with Crippen LogP contribution in [0.4, 0.5) is 0 Å². The molecule has 2 rings (SSSR count). The van der Waals surface area contributed by atoms with Crippen LogP contribution in [0.3, 0.4) is 0 Å². The molecule has 72 valence electrons. The second-order valence-electron chi connectivity index (χ2n) is 3.05. The van der Waals surface area contributed by atoms with Gasteiger partial charge in [0.1, 0.15) is 6.61 Å². The van der Waals surface area contributed by atoms with Crippen molar-refractivity contribution in [2.45, 2.75) is 13.0 Å². The zero-order valence-corrected chi connectivity index (χ0v) is 8.07. The van der Waals surface area contributed by atoms with Crippen molar-refractivity contribution in [1.29, 1.82) is 0 Å². The molecule has 1 aromatic rings. The first-order chi connectivity index (χ1) is 6.90. The first-order valence-electron chi connectivity index (χ1n) is 4.66. The first-order valence-corrected chi connectivity index (χ1v) is 4.66. The molecule has 1 fully saturated rings. The molecule has 1 aliphatic heterocycles. The Labute approximate surface area is 83.5 Å².